The molecule has 1 aromatic carbocycles. The van der Waals surface area contributed by atoms with Gasteiger partial charge in [-0.05, 0) is 17.7 Å². The molecule has 2 rings (SSSR count). The number of nitrogens with one attached hydrogen (secondary N) is 1. The summed E-state index contributed by atoms with van der Waals surface area (Å²) < 4.78 is 6.82. The van der Waals surface area contributed by atoms with Gasteiger partial charge in [0.25, 0.3) is 0 Å². The lowest BCUT2D eigenvalue weighted by atomic mass is 10.2. The summed E-state index contributed by atoms with van der Waals surface area (Å²) in [5.74, 6) is 0.474. The van der Waals surface area contributed by atoms with E-state index < -0.39 is 0 Å². The number of hydrogen-bond acceptors (Lipinski definition) is 4. The Morgan fingerprint density at radius 1 is 1.41 bits per heavy atom. The fraction of sp³-hybridized carbons (Fsp3) is 0.333. The lowest BCUT2D eigenvalue weighted by molar-refractivity contribution is -0.118. The van der Waals surface area contributed by atoms with E-state index in [1.165, 1.54) is 7.11 Å². The summed E-state index contributed by atoms with van der Waals surface area (Å²) in [5, 5.41) is 7.73. The van der Waals surface area contributed by atoms with Gasteiger partial charge < -0.3 is 15.8 Å². The second kappa shape index (κ2) is 7.93. The molecule has 22 heavy (non-hydrogen) atoms. The minimum absolute atomic E-state index is 0.157. The number of rotatable bonds is 7. The molecular formula is C15H19ClN4O2. The zero-order valence-electron chi connectivity index (χ0n) is 12.3. The lowest BCUT2D eigenvalue weighted by Gasteiger charge is -2.13. The molecular weight excluding hydrogens is 304 g/mol. The number of ether oxygens (including phenoxy) is 1. The van der Waals surface area contributed by atoms with Gasteiger partial charge in [-0.3, -0.25) is 4.79 Å². The first-order valence-electron chi connectivity index (χ1n) is 6.91. The van der Waals surface area contributed by atoms with E-state index in [2.05, 4.69) is 10.4 Å². The molecule has 1 heterocycles. The maximum Gasteiger partial charge on any atom is 0.228 e. The van der Waals surface area contributed by atoms with Crippen molar-refractivity contribution in [1.82, 2.24) is 9.78 Å². The molecule has 6 nitrogen and oxygen atoms in total. The van der Waals surface area contributed by atoms with E-state index >= 15 is 0 Å². The molecule has 2 aromatic rings. The number of carbonyl (C=O) groups is 1. The zero-order chi connectivity index (χ0) is 15.9. The summed E-state index contributed by atoms with van der Waals surface area (Å²) in [4.78, 5) is 12.0. The minimum Gasteiger partial charge on any atom is -0.380 e. The van der Waals surface area contributed by atoms with Crippen LogP contribution in [0.15, 0.2) is 36.5 Å². The Kier molecular flexibility index (Phi) is 5.94. The van der Waals surface area contributed by atoms with E-state index in [4.69, 9.17) is 22.1 Å². The Morgan fingerprint density at radius 2 is 2.14 bits per heavy atom. The summed E-state index contributed by atoms with van der Waals surface area (Å²) in [6, 6.07) is 9.24. The van der Waals surface area contributed by atoms with Crippen molar-refractivity contribution in [3.8, 4) is 0 Å². The van der Waals surface area contributed by atoms with E-state index in [9.17, 15) is 4.79 Å². The van der Waals surface area contributed by atoms with Gasteiger partial charge in [0.15, 0.2) is 0 Å². The van der Waals surface area contributed by atoms with Gasteiger partial charge in [0.1, 0.15) is 5.82 Å². The van der Waals surface area contributed by atoms with Crippen molar-refractivity contribution < 1.29 is 9.53 Å². The van der Waals surface area contributed by atoms with Crippen LogP contribution < -0.4 is 11.1 Å². The van der Waals surface area contributed by atoms with Crippen LogP contribution in [0.1, 0.15) is 12.0 Å². The van der Waals surface area contributed by atoms with Crippen LogP contribution in [-0.4, -0.2) is 35.4 Å². The maximum absolute atomic E-state index is 12.0. The van der Waals surface area contributed by atoms with Crippen LogP contribution in [0.3, 0.4) is 0 Å². The lowest BCUT2D eigenvalue weighted by Crippen LogP contribution is -2.28. The number of nitrogens with two attached hydrogens (primary N) is 1. The Balaban J connectivity index is 2.00. The number of hydrogen-bond donors (Lipinski definition) is 2. The summed E-state index contributed by atoms with van der Waals surface area (Å²) in [5.41, 5.74) is 6.56. The summed E-state index contributed by atoms with van der Waals surface area (Å²) in [6.07, 6.45) is 1.56. The first-order valence-corrected chi connectivity index (χ1v) is 7.29. The largest absolute Gasteiger partial charge is 0.380 e. The fourth-order valence-electron chi connectivity index (χ4n) is 1.99. The van der Waals surface area contributed by atoms with Crippen LogP contribution in [0.4, 0.5) is 5.82 Å². The van der Waals surface area contributed by atoms with E-state index in [-0.39, 0.29) is 18.4 Å². The number of aromatic nitrogens is 2. The topological polar surface area (TPSA) is 82.2 Å². The zero-order valence-corrected chi connectivity index (χ0v) is 13.1. The molecule has 0 aliphatic heterocycles. The molecule has 0 spiro atoms. The van der Waals surface area contributed by atoms with Crippen molar-refractivity contribution >= 4 is 23.3 Å². The van der Waals surface area contributed by atoms with Gasteiger partial charge in [-0.2, -0.15) is 5.10 Å². The SMILES string of the molecule is COC(CN)CC(=O)Nc1ccnn1Cc1ccc(Cl)cc1. The number of benzene rings is 1. The quantitative estimate of drug-likeness (QED) is 0.815. The van der Waals surface area contributed by atoms with Gasteiger partial charge >= 0.3 is 0 Å². The molecule has 0 aliphatic rings. The average Bonchev–Trinajstić information content (AvgIpc) is 2.94. The van der Waals surface area contributed by atoms with Crippen molar-refractivity contribution in [2.75, 3.05) is 19.0 Å². The summed E-state index contributed by atoms with van der Waals surface area (Å²) in [6.45, 7) is 0.846. The van der Waals surface area contributed by atoms with Crippen LogP contribution >= 0.6 is 11.6 Å². The second-order valence-corrected chi connectivity index (χ2v) is 5.28. The molecule has 0 aliphatic carbocycles. The Labute approximate surface area is 134 Å². The highest BCUT2D eigenvalue weighted by molar-refractivity contribution is 6.30. The summed E-state index contributed by atoms with van der Waals surface area (Å²) in [7, 11) is 1.54. The average molecular weight is 323 g/mol. The molecule has 3 N–H and O–H groups in total. The number of methoxy groups -OCH3 is 1. The molecule has 0 fully saturated rings. The molecule has 1 unspecified atom stereocenters. The van der Waals surface area contributed by atoms with E-state index in [0.29, 0.717) is 23.9 Å². The van der Waals surface area contributed by atoms with Gasteiger partial charge in [-0.25, -0.2) is 4.68 Å². The van der Waals surface area contributed by atoms with E-state index in [1.54, 1.807) is 16.9 Å². The van der Waals surface area contributed by atoms with Gasteiger partial charge in [-0.15, -0.1) is 0 Å². The van der Waals surface area contributed by atoms with Crippen molar-refractivity contribution in [3.63, 3.8) is 0 Å². The Hall–Kier alpha value is -1.89. The predicted molar refractivity (Wildman–Crippen MR) is 85.9 cm³/mol. The fourth-order valence-corrected chi connectivity index (χ4v) is 2.12. The maximum atomic E-state index is 12.0. The highest BCUT2D eigenvalue weighted by atomic mass is 35.5. The Morgan fingerprint density at radius 3 is 2.77 bits per heavy atom. The van der Waals surface area contributed by atoms with Crippen molar-refractivity contribution in [1.29, 1.82) is 0 Å². The van der Waals surface area contributed by atoms with E-state index in [1.807, 2.05) is 24.3 Å². The van der Waals surface area contributed by atoms with Crippen LogP contribution in [0, 0.1) is 0 Å². The number of carbonyl (C=O) groups excluding carboxylic acids is 1. The number of anilines is 1. The van der Waals surface area contributed by atoms with Crippen LogP contribution in [-0.2, 0) is 16.1 Å². The third-order valence-electron chi connectivity index (χ3n) is 3.24. The van der Waals surface area contributed by atoms with Crippen LogP contribution in [0.25, 0.3) is 0 Å². The van der Waals surface area contributed by atoms with Crippen molar-refractivity contribution in [2.24, 2.45) is 5.73 Å². The Bertz CT molecular complexity index is 608. The second-order valence-electron chi connectivity index (χ2n) is 4.85. The molecule has 0 saturated carbocycles. The predicted octanol–water partition coefficient (Wildman–Crippen LogP) is 1.89. The normalized spacial score (nSPS) is 12.1. The first kappa shape index (κ1) is 16.5. The molecule has 0 bridgehead atoms. The van der Waals surface area contributed by atoms with E-state index in [0.717, 1.165) is 5.56 Å². The number of nitrogens with zero attached hydrogens (tertiary/aromatic N) is 2. The highest BCUT2D eigenvalue weighted by Crippen LogP contribution is 2.14. The molecule has 1 amide bonds. The summed E-state index contributed by atoms with van der Waals surface area (Å²) >= 11 is 5.87. The molecule has 1 aromatic heterocycles. The monoisotopic (exact) mass is 322 g/mol. The molecule has 7 heteroatoms. The van der Waals surface area contributed by atoms with Gasteiger partial charge in [0, 0.05) is 24.7 Å². The van der Waals surface area contributed by atoms with Crippen LogP contribution in [0.2, 0.25) is 5.02 Å². The molecule has 0 radical (unpaired) electrons. The first-order chi connectivity index (χ1) is 10.6. The van der Waals surface area contributed by atoms with Gasteiger partial charge in [0.05, 0.1) is 25.3 Å². The highest BCUT2D eigenvalue weighted by Gasteiger charge is 2.13. The van der Waals surface area contributed by atoms with Gasteiger partial charge in [-0.1, -0.05) is 23.7 Å². The van der Waals surface area contributed by atoms with Crippen molar-refractivity contribution in [3.05, 3.63) is 47.1 Å². The number of halogens is 1. The van der Waals surface area contributed by atoms with Crippen LogP contribution in [0.5, 0.6) is 0 Å². The third kappa shape index (κ3) is 4.56. The minimum atomic E-state index is -0.285. The number of amides is 1. The smallest absolute Gasteiger partial charge is 0.228 e. The third-order valence-corrected chi connectivity index (χ3v) is 3.49. The standard InChI is InChI=1S/C15H19ClN4O2/c1-22-13(9-17)8-15(21)19-14-6-7-18-20(14)10-11-2-4-12(16)5-3-11/h2-7,13H,8-10,17H2,1H3,(H,19,21). The van der Waals surface area contributed by atoms with Gasteiger partial charge in [0.2, 0.25) is 5.91 Å². The van der Waals surface area contributed by atoms with Crippen molar-refractivity contribution in [2.45, 2.75) is 19.1 Å². The molecule has 1 atom stereocenters. The molecule has 118 valence electrons. The molecule has 0 saturated heterocycles.